The van der Waals surface area contributed by atoms with Gasteiger partial charge in [0.05, 0.1) is 0 Å². The topological polar surface area (TPSA) is 91.8 Å². The Morgan fingerprint density at radius 1 is 0.941 bits per heavy atom. The first kappa shape index (κ1) is 21.9. The fourth-order valence-electron chi connectivity index (χ4n) is 4.08. The molecule has 4 aromatic rings. The summed E-state index contributed by atoms with van der Waals surface area (Å²) in [6, 6.07) is 18.7. The molecule has 1 aliphatic rings. The number of hydrogen-bond donors (Lipinski definition) is 2. The molecule has 8 heteroatoms. The van der Waals surface area contributed by atoms with Gasteiger partial charge in [-0.15, -0.1) is 0 Å². The van der Waals surface area contributed by atoms with Gasteiger partial charge in [0.15, 0.2) is 5.82 Å². The SMILES string of the molecule is Cc1cccc(-c2nccc(Nc3ccnc(Cc4ccc(N5CCN[C@@H](C)C5)cc4)n3)n2)n1. The van der Waals surface area contributed by atoms with Gasteiger partial charge in [-0.05, 0) is 55.8 Å². The quantitative estimate of drug-likeness (QED) is 0.457. The molecule has 8 nitrogen and oxygen atoms in total. The van der Waals surface area contributed by atoms with Crippen molar-refractivity contribution >= 4 is 17.3 Å². The molecule has 34 heavy (non-hydrogen) atoms. The third kappa shape index (κ3) is 5.35. The zero-order valence-corrected chi connectivity index (χ0v) is 19.4. The molecule has 2 N–H and O–H groups in total. The van der Waals surface area contributed by atoms with Crippen LogP contribution >= 0.6 is 0 Å². The van der Waals surface area contributed by atoms with Gasteiger partial charge in [-0.25, -0.2) is 24.9 Å². The van der Waals surface area contributed by atoms with E-state index in [-0.39, 0.29) is 0 Å². The van der Waals surface area contributed by atoms with Gasteiger partial charge in [-0.1, -0.05) is 18.2 Å². The Morgan fingerprint density at radius 3 is 2.53 bits per heavy atom. The van der Waals surface area contributed by atoms with Crippen molar-refractivity contribution in [2.24, 2.45) is 0 Å². The summed E-state index contributed by atoms with van der Waals surface area (Å²) in [4.78, 5) is 25.0. The number of rotatable bonds is 6. The van der Waals surface area contributed by atoms with Crippen molar-refractivity contribution in [3.05, 3.63) is 84.1 Å². The maximum absolute atomic E-state index is 4.69. The van der Waals surface area contributed by atoms with Gasteiger partial charge >= 0.3 is 0 Å². The minimum Gasteiger partial charge on any atom is -0.369 e. The standard InChI is InChI=1S/C26H28N8/c1-18-4-3-5-22(30-18)26-29-13-11-24(33-26)31-23-10-12-28-25(32-23)16-20-6-8-21(9-7-20)34-15-14-27-19(2)17-34/h3-13,19,27H,14-17H2,1-2H3,(H,28,29,31,32,33)/t19-/m0/s1. The van der Waals surface area contributed by atoms with E-state index in [1.165, 1.54) is 11.3 Å². The van der Waals surface area contributed by atoms with Crippen molar-refractivity contribution in [1.29, 1.82) is 0 Å². The van der Waals surface area contributed by atoms with Gasteiger partial charge in [0.1, 0.15) is 23.2 Å². The van der Waals surface area contributed by atoms with E-state index in [0.29, 0.717) is 29.9 Å². The minimum atomic E-state index is 0.510. The first-order valence-electron chi connectivity index (χ1n) is 11.6. The Labute approximate surface area is 199 Å². The van der Waals surface area contributed by atoms with Gasteiger partial charge in [-0.2, -0.15) is 0 Å². The van der Waals surface area contributed by atoms with E-state index in [1.807, 2.05) is 37.3 Å². The van der Waals surface area contributed by atoms with Crippen LogP contribution in [0.2, 0.25) is 0 Å². The number of piperazine rings is 1. The fraction of sp³-hybridized carbons (Fsp3) is 0.269. The van der Waals surface area contributed by atoms with Crippen molar-refractivity contribution in [3.63, 3.8) is 0 Å². The predicted octanol–water partition coefficient (Wildman–Crippen LogP) is 3.77. The molecule has 172 valence electrons. The van der Waals surface area contributed by atoms with E-state index in [4.69, 9.17) is 0 Å². The Bertz CT molecular complexity index is 1260. The van der Waals surface area contributed by atoms with E-state index < -0.39 is 0 Å². The Kier molecular flexibility index (Phi) is 6.40. The molecular weight excluding hydrogens is 424 g/mol. The second kappa shape index (κ2) is 9.93. The first-order valence-corrected chi connectivity index (χ1v) is 11.6. The molecule has 1 aliphatic heterocycles. The first-order chi connectivity index (χ1) is 16.6. The summed E-state index contributed by atoms with van der Waals surface area (Å²) >= 11 is 0. The fourth-order valence-corrected chi connectivity index (χ4v) is 4.08. The molecule has 0 bridgehead atoms. The molecule has 0 spiro atoms. The van der Waals surface area contributed by atoms with Gasteiger partial charge in [0, 0.05) is 55.9 Å². The number of nitrogens with zero attached hydrogens (tertiary/aromatic N) is 6. The summed E-state index contributed by atoms with van der Waals surface area (Å²) in [6.07, 6.45) is 4.15. The molecule has 3 aromatic heterocycles. The van der Waals surface area contributed by atoms with Crippen LogP contribution in [0.1, 0.15) is 24.0 Å². The Morgan fingerprint density at radius 2 is 1.74 bits per heavy atom. The largest absolute Gasteiger partial charge is 0.369 e. The molecule has 4 heterocycles. The van der Waals surface area contributed by atoms with E-state index in [1.54, 1.807) is 12.4 Å². The van der Waals surface area contributed by atoms with Gasteiger partial charge in [0.2, 0.25) is 0 Å². The average Bonchev–Trinajstić information content (AvgIpc) is 2.85. The molecule has 1 aromatic carbocycles. The van der Waals surface area contributed by atoms with E-state index in [9.17, 15) is 0 Å². The van der Waals surface area contributed by atoms with Crippen LogP contribution < -0.4 is 15.5 Å². The van der Waals surface area contributed by atoms with Crippen LogP contribution in [0.4, 0.5) is 17.3 Å². The monoisotopic (exact) mass is 452 g/mol. The van der Waals surface area contributed by atoms with Gasteiger partial charge < -0.3 is 15.5 Å². The second-order valence-corrected chi connectivity index (χ2v) is 8.56. The van der Waals surface area contributed by atoms with Crippen LogP contribution in [0.25, 0.3) is 11.5 Å². The summed E-state index contributed by atoms with van der Waals surface area (Å²) in [6.45, 7) is 7.26. The highest BCUT2D eigenvalue weighted by Gasteiger charge is 2.15. The number of hydrogen-bond acceptors (Lipinski definition) is 8. The van der Waals surface area contributed by atoms with Gasteiger partial charge in [0.25, 0.3) is 0 Å². The molecule has 1 atom stereocenters. The second-order valence-electron chi connectivity index (χ2n) is 8.56. The zero-order valence-electron chi connectivity index (χ0n) is 19.4. The van der Waals surface area contributed by atoms with Crippen molar-refractivity contribution in [2.75, 3.05) is 29.9 Å². The summed E-state index contributed by atoms with van der Waals surface area (Å²) < 4.78 is 0. The third-order valence-electron chi connectivity index (χ3n) is 5.77. The average molecular weight is 453 g/mol. The van der Waals surface area contributed by atoms with Crippen molar-refractivity contribution in [2.45, 2.75) is 26.3 Å². The Hall–Kier alpha value is -3.91. The van der Waals surface area contributed by atoms with Crippen LogP contribution in [0.15, 0.2) is 67.0 Å². The minimum absolute atomic E-state index is 0.510. The lowest BCUT2D eigenvalue weighted by molar-refractivity contribution is 0.485. The van der Waals surface area contributed by atoms with Crippen LogP contribution in [-0.2, 0) is 6.42 Å². The lowest BCUT2D eigenvalue weighted by Gasteiger charge is -2.33. The highest BCUT2D eigenvalue weighted by Crippen LogP contribution is 2.20. The van der Waals surface area contributed by atoms with Crippen LogP contribution in [0.3, 0.4) is 0 Å². The summed E-state index contributed by atoms with van der Waals surface area (Å²) in [7, 11) is 0. The maximum atomic E-state index is 4.69. The molecule has 1 fully saturated rings. The van der Waals surface area contributed by atoms with Crippen LogP contribution in [0, 0.1) is 6.92 Å². The third-order valence-corrected chi connectivity index (χ3v) is 5.77. The lowest BCUT2D eigenvalue weighted by Crippen LogP contribution is -2.49. The number of nitrogens with one attached hydrogen (secondary N) is 2. The Balaban J connectivity index is 1.27. The van der Waals surface area contributed by atoms with Gasteiger partial charge in [-0.3, -0.25) is 0 Å². The van der Waals surface area contributed by atoms with Crippen molar-refractivity contribution < 1.29 is 0 Å². The summed E-state index contributed by atoms with van der Waals surface area (Å²) in [5.74, 6) is 2.68. The van der Waals surface area contributed by atoms with E-state index in [2.05, 4.69) is 71.6 Å². The highest BCUT2D eigenvalue weighted by atomic mass is 15.2. The number of aryl methyl sites for hydroxylation is 1. The molecule has 0 saturated carbocycles. The maximum Gasteiger partial charge on any atom is 0.180 e. The van der Waals surface area contributed by atoms with Crippen molar-refractivity contribution in [1.82, 2.24) is 30.2 Å². The smallest absolute Gasteiger partial charge is 0.180 e. The van der Waals surface area contributed by atoms with E-state index >= 15 is 0 Å². The summed E-state index contributed by atoms with van der Waals surface area (Å²) in [5, 5.41) is 6.76. The normalized spacial score (nSPS) is 15.8. The lowest BCUT2D eigenvalue weighted by atomic mass is 10.1. The highest BCUT2D eigenvalue weighted by molar-refractivity contribution is 5.56. The van der Waals surface area contributed by atoms with Crippen LogP contribution in [-0.4, -0.2) is 50.6 Å². The number of benzene rings is 1. The molecule has 0 radical (unpaired) electrons. The molecule has 1 saturated heterocycles. The molecule has 0 aliphatic carbocycles. The predicted molar refractivity (Wildman–Crippen MR) is 134 cm³/mol. The zero-order chi connectivity index (χ0) is 23.3. The van der Waals surface area contributed by atoms with Crippen molar-refractivity contribution in [3.8, 4) is 11.5 Å². The van der Waals surface area contributed by atoms with E-state index in [0.717, 1.165) is 36.8 Å². The molecular formula is C26H28N8. The molecule has 5 rings (SSSR count). The molecule has 0 unspecified atom stereocenters. The molecule has 0 amide bonds. The number of anilines is 3. The summed E-state index contributed by atoms with van der Waals surface area (Å²) in [5.41, 5.74) is 4.11. The van der Waals surface area contributed by atoms with Crippen LogP contribution in [0.5, 0.6) is 0 Å². The number of pyridine rings is 1. The number of aromatic nitrogens is 5.